The van der Waals surface area contributed by atoms with Crippen LogP contribution < -0.4 is 16.2 Å². The summed E-state index contributed by atoms with van der Waals surface area (Å²) >= 11 is 0. The van der Waals surface area contributed by atoms with Crippen LogP contribution in [0.5, 0.6) is 0 Å². The quantitative estimate of drug-likeness (QED) is 0.641. The van der Waals surface area contributed by atoms with Crippen molar-refractivity contribution >= 4 is 11.5 Å². The van der Waals surface area contributed by atoms with E-state index in [1.54, 1.807) is 18.3 Å². The van der Waals surface area contributed by atoms with Gasteiger partial charge in [-0.05, 0) is 23.8 Å². The van der Waals surface area contributed by atoms with Crippen LogP contribution in [0.25, 0.3) is 0 Å². The summed E-state index contributed by atoms with van der Waals surface area (Å²) in [6.07, 6.45) is 1.69. The normalized spacial score (nSPS) is 10.2. The molecule has 2 aromatic rings. The van der Waals surface area contributed by atoms with Gasteiger partial charge >= 0.3 is 0 Å². The van der Waals surface area contributed by atoms with E-state index < -0.39 is 0 Å². The van der Waals surface area contributed by atoms with Crippen molar-refractivity contribution in [3.63, 3.8) is 0 Å². The third-order valence-electron chi connectivity index (χ3n) is 2.67. The first-order valence-electron chi connectivity index (χ1n) is 5.57. The summed E-state index contributed by atoms with van der Waals surface area (Å²) in [5.74, 6) is 5.70. The van der Waals surface area contributed by atoms with Crippen LogP contribution in [-0.4, -0.2) is 12.0 Å². The summed E-state index contributed by atoms with van der Waals surface area (Å²) < 4.78 is 12.8. The zero-order valence-corrected chi connectivity index (χ0v) is 10.1. The van der Waals surface area contributed by atoms with Crippen LogP contribution in [-0.2, 0) is 6.54 Å². The monoisotopic (exact) mass is 246 g/mol. The van der Waals surface area contributed by atoms with Crippen molar-refractivity contribution in [2.24, 2.45) is 5.84 Å². The molecule has 3 N–H and O–H groups in total. The van der Waals surface area contributed by atoms with Crippen LogP contribution in [0.2, 0.25) is 0 Å². The molecular formula is C13H15FN4. The largest absolute Gasteiger partial charge is 0.370 e. The summed E-state index contributed by atoms with van der Waals surface area (Å²) in [6, 6.07) is 10.2. The number of hydrogen-bond acceptors (Lipinski definition) is 4. The molecule has 0 amide bonds. The predicted molar refractivity (Wildman–Crippen MR) is 70.6 cm³/mol. The molecule has 2 rings (SSSR count). The molecule has 0 aliphatic rings. The van der Waals surface area contributed by atoms with Gasteiger partial charge in [0.15, 0.2) is 0 Å². The number of nitrogens with two attached hydrogens (primary N) is 1. The molecule has 5 heteroatoms. The van der Waals surface area contributed by atoms with Gasteiger partial charge in [0.1, 0.15) is 11.6 Å². The number of halogens is 1. The van der Waals surface area contributed by atoms with Gasteiger partial charge in [0, 0.05) is 31.5 Å². The molecule has 0 fully saturated rings. The third kappa shape index (κ3) is 2.95. The highest BCUT2D eigenvalue weighted by Gasteiger charge is 2.03. The molecule has 0 unspecified atom stereocenters. The van der Waals surface area contributed by atoms with E-state index >= 15 is 0 Å². The number of pyridine rings is 1. The lowest BCUT2D eigenvalue weighted by molar-refractivity contribution is 0.627. The van der Waals surface area contributed by atoms with Gasteiger partial charge in [0.05, 0.1) is 0 Å². The van der Waals surface area contributed by atoms with Crippen molar-refractivity contribution in [3.8, 4) is 0 Å². The molecule has 18 heavy (non-hydrogen) atoms. The Balaban J connectivity index is 2.11. The molecule has 1 aromatic heterocycles. The van der Waals surface area contributed by atoms with Gasteiger partial charge in [0.2, 0.25) is 0 Å². The molecule has 1 heterocycles. The summed E-state index contributed by atoms with van der Waals surface area (Å²) in [5.41, 5.74) is 4.53. The number of hydrogen-bond donors (Lipinski definition) is 2. The van der Waals surface area contributed by atoms with Crippen LogP contribution in [0, 0.1) is 5.82 Å². The lowest BCUT2D eigenvalue weighted by atomic mass is 10.2. The summed E-state index contributed by atoms with van der Waals surface area (Å²) in [7, 11) is 1.96. The molecule has 1 aromatic carbocycles. The second kappa shape index (κ2) is 5.46. The lowest BCUT2D eigenvalue weighted by Crippen LogP contribution is -2.17. The number of benzene rings is 1. The Labute approximate surface area is 105 Å². The van der Waals surface area contributed by atoms with Crippen LogP contribution in [0.4, 0.5) is 15.9 Å². The smallest absolute Gasteiger partial charge is 0.141 e. The number of nitrogens with zero attached hydrogens (tertiary/aromatic N) is 2. The Morgan fingerprint density at radius 1 is 1.28 bits per heavy atom. The van der Waals surface area contributed by atoms with Crippen LogP contribution in [0.1, 0.15) is 5.56 Å². The van der Waals surface area contributed by atoms with Gasteiger partial charge in [0.25, 0.3) is 0 Å². The second-order valence-corrected chi connectivity index (χ2v) is 4.03. The number of aromatic nitrogens is 1. The molecule has 0 radical (unpaired) electrons. The van der Waals surface area contributed by atoms with Crippen LogP contribution >= 0.6 is 0 Å². The molecule has 4 nitrogen and oxygen atoms in total. The molecule has 0 saturated carbocycles. The van der Waals surface area contributed by atoms with E-state index in [4.69, 9.17) is 5.84 Å². The van der Waals surface area contributed by atoms with Gasteiger partial charge in [-0.25, -0.2) is 15.2 Å². The van der Waals surface area contributed by atoms with Gasteiger partial charge in [-0.15, -0.1) is 0 Å². The van der Waals surface area contributed by atoms with Gasteiger partial charge in [-0.3, -0.25) is 0 Å². The maximum absolute atomic E-state index is 12.8. The molecule has 0 saturated heterocycles. The Morgan fingerprint density at radius 3 is 2.67 bits per heavy atom. The minimum atomic E-state index is -0.222. The molecule has 0 atom stereocenters. The van der Waals surface area contributed by atoms with E-state index in [2.05, 4.69) is 10.4 Å². The first-order valence-corrected chi connectivity index (χ1v) is 5.57. The summed E-state index contributed by atoms with van der Waals surface area (Å²) in [4.78, 5) is 6.08. The number of nitrogen functional groups attached to an aromatic ring is 1. The maximum Gasteiger partial charge on any atom is 0.141 e. The number of rotatable bonds is 4. The number of hydrazine groups is 1. The fraction of sp³-hybridized carbons (Fsp3) is 0.154. The van der Waals surface area contributed by atoms with Crippen molar-refractivity contribution < 1.29 is 4.39 Å². The predicted octanol–water partition coefficient (Wildman–Crippen LogP) is 2.14. The van der Waals surface area contributed by atoms with Crippen molar-refractivity contribution in [2.45, 2.75) is 6.54 Å². The Kier molecular flexibility index (Phi) is 3.74. The van der Waals surface area contributed by atoms with Crippen LogP contribution in [0.3, 0.4) is 0 Å². The highest BCUT2D eigenvalue weighted by Crippen LogP contribution is 2.17. The Hall–Kier alpha value is -2.14. The second-order valence-electron chi connectivity index (χ2n) is 4.03. The minimum absolute atomic E-state index is 0.222. The fourth-order valence-electron chi connectivity index (χ4n) is 1.69. The van der Waals surface area contributed by atoms with E-state index in [-0.39, 0.29) is 5.82 Å². The zero-order valence-electron chi connectivity index (χ0n) is 10.1. The summed E-state index contributed by atoms with van der Waals surface area (Å²) in [5, 5.41) is 0. The molecular weight excluding hydrogens is 231 g/mol. The zero-order chi connectivity index (χ0) is 13.0. The standard InChI is InChI=1S/C13H15FN4/c1-18(9-10-2-4-11(14)5-3-10)12-6-7-16-13(8-12)17-15/h2-8H,9,15H2,1H3,(H,16,17). The summed E-state index contributed by atoms with van der Waals surface area (Å²) in [6.45, 7) is 0.689. The van der Waals surface area contributed by atoms with Crippen molar-refractivity contribution in [1.29, 1.82) is 0 Å². The topological polar surface area (TPSA) is 54.2 Å². The Bertz CT molecular complexity index is 513. The van der Waals surface area contributed by atoms with Gasteiger partial charge in [-0.2, -0.15) is 0 Å². The molecule has 0 aliphatic carbocycles. The molecule has 94 valence electrons. The Morgan fingerprint density at radius 2 is 2.00 bits per heavy atom. The number of anilines is 2. The highest BCUT2D eigenvalue weighted by molar-refractivity contribution is 5.53. The average molecular weight is 246 g/mol. The van der Waals surface area contributed by atoms with E-state index in [1.807, 2.05) is 24.1 Å². The number of nitrogens with one attached hydrogen (secondary N) is 1. The van der Waals surface area contributed by atoms with Crippen LogP contribution in [0.15, 0.2) is 42.6 Å². The van der Waals surface area contributed by atoms with Crippen molar-refractivity contribution in [1.82, 2.24) is 4.98 Å². The van der Waals surface area contributed by atoms with Crippen molar-refractivity contribution in [3.05, 3.63) is 54.0 Å². The SMILES string of the molecule is CN(Cc1ccc(F)cc1)c1ccnc(NN)c1. The van der Waals surface area contributed by atoms with E-state index in [9.17, 15) is 4.39 Å². The van der Waals surface area contributed by atoms with E-state index in [1.165, 1.54) is 12.1 Å². The minimum Gasteiger partial charge on any atom is -0.370 e. The first-order chi connectivity index (χ1) is 8.69. The molecule has 0 bridgehead atoms. The molecule has 0 spiro atoms. The highest BCUT2D eigenvalue weighted by atomic mass is 19.1. The van der Waals surface area contributed by atoms with E-state index in [0.29, 0.717) is 12.4 Å². The van der Waals surface area contributed by atoms with E-state index in [0.717, 1.165) is 11.3 Å². The first kappa shape index (κ1) is 12.3. The lowest BCUT2D eigenvalue weighted by Gasteiger charge is -2.19. The van der Waals surface area contributed by atoms with Gasteiger partial charge < -0.3 is 10.3 Å². The third-order valence-corrected chi connectivity index (χ3v) is 2.67. The molecule has 0 aliphatic heterocycles. The van der Waals surface area contributed by atoms with Gasteiger partial charge in [-0.1, -0.05) is 12.1 Å². The maximum atomic E-state index is 12.8. The fourth-order valence-corrected chi connectivity index (χ4v) is 1.69. The average Bonchev–Trinajstić information content (AvgIpc) is 2.41. The van der Waals surface area contributed by atoms with Crippen molar-refractivity contribution in [2.75, 3.05) is 17.4 Å².